The average Bonchev–Trinajstić information content (AvgIpc) is 3.32. The van der Waals surface area contributed by atoms with Gasteiger partial charge in [-0.2, -0.15) is 0 Å². The highest BCUT2D eigenvalue weighted by molar-refractivity contribution is 7.13. The number of rotatable bonds is 6. The molecule has 1 amide bonds. The number of aromatic nitrogens is 1. The van der Waals surface area contributed by atoms with Gasteiger partial charge in [0.2, 0.25) is 5.89 Å². The van der Waals surface area contributed by atoms with E-state index in [1.807, 2.05) is 17.5 Å². The average molecular weight is 348 g/mol. The number of hydrogen-bond acceptors (Lipinski definition) is 7. The number of oxazole rings is 1. The van der Waals surface area contributed by atoms with Crippen molar-refractivity contribution < 1.29 is 18.7 Å². The minimum atomic E-state index is -0.532. The van der Waals surface area contributed by atoms with Crippen LogP contribution in [0, 0.1) is 0 Å². The molecule has 0 radical (unpaired) electrons. The van der Waals surface area contributed by atoms with Crippen LogP contribution in [-0.4, -0.2) is 23.4 Å². The molecule has 0 spiro atoms. The van der Waals surface area contributed by atoms with Gasteiger partial charge in [0.05, 0.1) is 9.75 Å². The molecule has 0 fully saturated rings. The van der Waals surface area contributed by atoms with E-state index >= 15 is 0 Å². The van der Waals surface area contributed by atoms with E-state index in [9.17, 15) is 9.59 Å². The van der Waals surface area contributed by atoms with Gasteiger partial charge in [0, 0.05) is 0 Å². The molecule has 6 nitrogen and oxygen atoms in total. The van der Waals surface area contributed by atoms with Crippen molar-refractivity contribution in [1.29, 1.82) is 0 Å². The minimum Gasteiger partial charge on any atom is -0.458 e. The molecule has 0 saturated heterocycles. The molecular formula is C15H12N2O4S2. The Balaban J connectivity index is 1.45. The van der Waals surface area contributed by atoms with Gasteiger partial charge >= 0.3 is 5.97 Å². The molecule has 3 aromatic rings. The Hall–Kier alpha value is -2.45. The summed E-state index contributed by atoms with van der Waals surface area (Å²) in [7, 11) is 0. The van der Waals surface area contributed by atoms with Crippen molar-refractivity contribution in [1.82, 2.24) is 10.3 Å². The number of amides is 1. The number of nitrogens with one attached hydrogen (secondary N) is 1. The summed E-state index contributed by atoms with van der Waals surface area (Å²) in [5, 5.41) is 6.22. The van der Waals surface area contributed by atoms with Gasteiger partial charge in [-0.3, -0.25) is 9.59 Å². The van der Waals surface area contributed by atoms with Gasteiger partial charge in [-0.25, -0.2) is 4.98 Å². The molecule has 0 aliphatic rings. The number of nitrogens with zero attached hydrogens (tertiary/aromatic N) is 1. The third-order valence-corrected chi connectivity index (χ3v) is 4.53. The van der Waals surface area contributed by atoms with E-state index in [1.54, 1.807) is 17.5 Å². The predicted molar refractivity (Wildman–Crippen MR) is 86.3 cm³/mol. The third-order valence-electron chi connectivity index (χ3n) is 2.80. The molecule has 0 atom stereocenters. The standard InChI is InChI=1S/C15H12N2O4S2/c18-13(7-16-14(19)11-3-1-5-22-11)20-8-10-9-21-15(17-10)12-4-2-6-23-12/h1-6,9H,7-8H2,(H,16,19). The SMILES string of the molecule is O=C(CNC(=O)c1cccs1)OCc1coc(-c2cccs2)n1. The fourth-order valence-corrected chi connectivity index (χ4v) is 3.04. The maximum Gasteiger partial charge on any atom is 0.325 e. The quantitative estimate of drug-likeness (QED) is 0.693. The van der Waals surface area contributed by atoms with Gasteiger partial charge < -0.3 is 14.5 Å². The normalized spacial score (nSPS) is 10.4. The van der Waals surface area contributed by atoms with Crippen LogP contribution < -0.4 is 5.32 Å². The van der Waals surface area contributed by atoms with Gasteiger partial charge in [-0.15, -0.1) is 22.7 Å². The number of carbonyl (C=O) groups excluding carboxylic acids is 2. The van der Waals surface area contributed by atoms with Gasteiger partial charge in [0.15, 0.2) is 0 Å². The van der Waals surface area contributed by atoms with Crippen molar-refractivity contribution in [2.75, 3.05) is 6.54 Å². The zero-order chi connectivity index (χ0) is 16.1. The van der Waals surface area contributed by atoms with Crippen molar-refractivity contribution in [2.24, 2.45) is 0 Å². The van der Waals surface area contributed by atoms with Crippen LogP contribution in [-0.2, 0) is 16.1 Å². The largest absolute Gasteiger partial charge is 0.458 e. The molecular weight excluding hydrogens is 336 g/mol. The zero-order valence-electron chi connectivity index (χ0n) is 11.9. The number of hydrogen-bond donors (Lipinski definition) is 1. The van der Waals surface area contributed by atoms with Crippen LogP contribution in [0.4, 0.5) is 0 Å². The highest BCUT2D eigenvalue weighted by Gasteiger charge is 2.12. The second kappa shape index (κ2) is 7.21. The molecule has 0 saturated carbocycles. The molecule has 0 bridgehead atoms. The van der Waals surface area contributed by atoms with Crippen LogP contribution in [0.5, 0.6) is 0 Å². The first-order chi connectivity index (χ1) is 11.2. The van der Waals surface area contributed by atoms with Crippen molar-refractivity contribution in [3.63, 3.8) is 0 Å². The summed E-state index contributed by atoms with van der Waals surface area (Å²) >= 11 is 2.82. The van der Waals surface area contributed by atoms with Crippen molar-refractivity contribution in [3.05, 3.63) is 51.9 Å². The maximum atomic E-state index is 11.7. The highest BCUT2D eigenvalue weighted by atomic mass is 32.1. The fourth-order valence-electron chi connectivity index (χ4n) is 1.74. The van der Waals surface area contributed by atoms with E-state index in [2.05, 4.69) is 10.3 Å². The molecule has 8 heteroatoms. The van der Waals surface area contributed by atoms with E-state index in [1.165, 1.54) is 28.9 Å². The Kier molecular flexibility index (Phi) is 4.84. The van der Waals surface area contributed by atoms with Gasteiger partial charge in [-0.1, -0.05) is 12.1 Å². The number of ether oxygens (including phenoxy) is 1. The summed E-state index contributed by atoms with van der Waals surface area (Å²) in [6.45, 7) is -0.186. The van der Waals surface area contributed by atoms with Gasteiger partial charge in [0.25, 0.3) is 5.91 Å². The summed E-state index contributed by atoms with van der Waals surface area (Å²) in [6.07, 6.45) is 1.45. The number of esters is 1. The first kappa shape index (κ1) is 15.4. The predicted octanol–water partition coefficient (Wildman–Crippen LogP) is 2.94. The lowest BCUT2D eigenvalue weighted by Crippen LogP contribution is -2.30. The van der Waals surface area contributed by atoms with Crippen molar-refractivity contribution in [3.8, 4) is 10.8 Å². The molecule has 3 rings (SSSR count). The van der Waals surface area contributed by atoms with E-state index in [4.69, 9.17) is 9.15 Å². The maximum absolute atomic E-state index is 11.7. The molecule has 118 valence electrons. The molecule has 0 aliphatic carbocycles. The molecule has 0 aromatic carbocycles. The van der Waals surface area contributed by atoms with Gasteiger partial charge in [-0.05, 0) is 22.9 Å². The Morgan fingerprint density at radius 3 is 2.78 bits per heavy atom. The second-order valence-corrected chi connectivity index (χ2v) is 6.34. The Morgan fingerprint density at radius 1 is 1.22 bits per heavy atom. The molecule has 3 aromatic heterocycles. The van der Waals surface area contributed by atoms with E-state index < -0.39 is 5.97 Å². The van der Waals surface area contributed by atoms with Crippen LogP contribution >= 0.6 is 22.7 Å². The van der Waals surface area contributed by atoms with Crippen LogP contribution in [0.3, 0.4) is 0 Å². The molecule has 1 N–H and O–H groups in total. The monoisotopic (exact) mass is 348 g/mol. The van der Waals surface area contributed by atoms with E-state index in [-0.39, 0.29) is 19.1 Å². The van der Waals surface area contributed by atoms with Crippen LogP contribution in [0.2, 0.25) is 0 Å². The minimum absolute atomic E-state index is 0.00256. The van der Waals surface area contributed by atoms with Crippen LogP contribution in [0.15, 0.2) is 45.7 Å². The molecule has 23 heavy (non-hydrogen) atoms. The Morgan fingerprint density at radius 2 is 2.04 bits per heavy atom. The summed E-state index contributed by atoms with van der Waals surface area (Å²) in [5.41, 5.74) is 0.520. The Labute approximate surface area is 139 Å². The molecule has 0 aliphatic heterocycles. The van der Waals surface area contributed by atoms with Crippen LogP contribution in [0.1, 0.15) is 15.4 Å². The lowest BCUT2D eigenvalue weighted by molar-refractivity contribution is -0.143. The second-order valence-electron chi connectivity index (χ2n) is 4.44. The summed E-state index contributed by atoms with van der Waals surface area (Å²) in [4.78, 5) is 29.0. The van der Waals surface area contributed by atoms with E-state index in [0.29, 0.717) is 16.5 Å². The number of thiophene rings is 2. The highest BCUT2D eigenvalue weighted by Crippen LogP contribution is 2.23. The summed E-state index contributed by atoms with van der Waals surface area (Å²) in [5.74, 6) is -0.328. The van der Waals surface area contributed by atoms with Crippen LogP contribution in [0.25, 0.3) is 10.8 Å². The topological polar surface area (TPSA) is 81.4 Å². The third kappa shape index (κ3) is 4.05. The number of carbonyl (C=O) groups is 2. The van der Waals surface area contributed by atoms with Crippen molar-refractivity contribution in [2.45, 2.75) is 6.61 Å². The lowest BCUT2D eigenvalue weighted by Gasteiger charge is -2.04. The van der Waals surface area contributed by atoms with E-state index in [0.717, 1.165) is 4.88 Å². The molecule has 0 unspecified atom stereocenters. The first-order valence-corrected chi connectivity index (χ1v) is 8.44. The smallest absolute Gasteiger partial charge is 0.325 e. The summed E-state index contributed by atoms with van der Waals surface area (Å²) < 4.78 is 10.4. The van der Waals surface area contributed by atoms with Gasteiger partial charge in [0.1, 0.15) is 25.1 Å². The first-order valence-electron chi connectivity index (χ1n) is 6.68. The fraction of sp³-hybridized carbons (Fsp3) is 0.133. The Bertz CT molecular complexity index is 778. The zero-order valence-corrected chi connectivity index (χ0v) is 13.5. The lowest BCUT2D eigenvalue weighted by atomic mass is 10.4. The molecule has 3 heterocycles. The van der Waals surface area contributed by atoms with Crippen molar-refractivity contribution >= 4 is 34.6 Å². The summed E-state index contributed by atoms with van der Waals surface area (Å²) in [6, 6.07) is 7.26.